The van der Waals surface area contributed by atoms with Crippen molar-refractivity contribution in [2.24, 2.45) is 0 Å². The molecule has 0 radical (unpaired) electrons. The maximum Gasteiger partial charge on any atom is 0.336 e. The number of fused-ring (bicyclic) bond motifs is 1. The van der Waals surface area contributed by atoms with Crippen LogP contribution in [0.1, 0.15) is 5.56 Å². The van der Waals surface area contributed by atoms with Crippen molar-refractivity contribution in [3.8, 4) is 0 Å². The predicted octanol–water partition coefficient (Wildman–Crippen LogP) is 3.70. The third kappa shape index (κ3) is 3.31. The van der Waals surface area contributed by atoms with Crippen molar-refractivity contribution in [2.75, 3.05) is 18.0 Å². The van der Waals surface area contributed by atoms with Gasteiger partial charge in [-0.15, -0.1) is 19.7 Å². The number of anilines is 1. The summed E-state index contributed by atoms with van der Waals surface area (Å²) in [4.78, 5) is 13.8. The highest BCUT2D eigenvalue weighted by Gasteiger charge is 2.08. The second-order valence-electron chi connectivity index (χ2n) is 4.75. The van der Waals surface area contributed by atoms with E-state index in [9.17, 15) is 4.79 Å². The molecule has 0 fully saturated rings. The van der Waals surface area contributed by atoms with E-state index < -0.39 is 0 Å². The van der Waals surface area contributed by atoms with Gasteiger partial charge >= 0.3 is 5.63 Å². The summed E-state index contributed by atoms with van der Waals surface area (Å²) >= 11 is 0. The van der Waals surface area contributed by atoms with E-state index >= 15 is 0 Å². The quantitative estimate of drug-likeness (QED) is 0.573. The van der Waals surface area contributed by atoms with Gasteiger partial charge in [-0.1, -0.05) is 18.2 Å². The van der Waals surface area contributed by atoms with Crippen LogP contribution in [0.15, 0.2) is 71.4 Å². The molecule has 0 N–H and O–H groups in total. The van der Waals surface area contributed by atoms with Gasteiger partial charge in [0.25, 0.3) is 0 Å². The van der Waals surface area contributed by atoms with Crippen LogP contribution in [0.5, 0.6) is 0 Å². The summed E-state index contributed by atoms with van der Waals surface area (Å²) in [6, 6.07) is 7.40. The highest BCUT2D eigenvalue weighted by molar-refractivity contribution is 5.84. The highest BCUT2D eigenvalue weighted by Crippen LogP contribution is 2.24. The first kappa shape index (κ1) is 14.9. The van der Waals surface area contributed by atoms with Crippen molar-refractivity contribution in [3.63, 3.8) is 0 Å². The van der Waals surface area contributed by atoms with Gasteiger partial charge in [0.05, 0.1) is 0 Å². The van der Waals surface area contributed by atoms with Gasteiger partial charge in [0.15, 0.2) is 0 Å². The molecule has 2 rings (SSSR count). The van der Waals surface area contributed by atoms with E-state index in [-0.39, 0.29) is 5.63 Å². The zero-order valence-corrected chi connectivity index (χ0v) is 12.0. The Kier molecular flexibility index (Phi) is 4.77. The monoisotopic (exact) mass is 281 g/mol. The fraction of sp³-hybridized carbons (Fsp3) is 0.167. The third-order valence-electron chi connectivity index (χ3n) is 3.24. The lowest BCUT2D eigenvalue weighted by molar-refractivity contribution is 0.559. The topological polar surface area (TPSA) is 33.5 Å². The first-order valence-corrected chi connectivity index (χ1v) is 6.84. The smallest absolute Gasteiger partial charge is 0.336 e. The summed E-state index contributed by atoms with van der Waals surface area (Å²) in [5.41, 5.74) is 2.16. The minimum Gasteiger partial charge on any atom is -0.423 e. The molecule has 0 aliphatic heterocycles. The Bertz CT molecular complexity index is 718. The van der Waals surface area contributed by atoms with Crippen LogP contribution in [0.2, 0.25) is 0 Å². The van der Waals surface area contributed by atoms with Gasteiger partial charge in [-0.3, -0.25) is 0 Å². The van der Waals surface area contributed by atoms with Gasteiger partial charge in [0.1, 0.15) is 5.58 Å². The van der Waals surface area contributed by atoms with Crippen molar-refractivity contribution < 1.29 is 4.42 Å². The summed E-state index contributed by atoms with van der Waals surface area (Å²) in [6.45, 7) is 12.7. The average molecular weight is 281 g/mol. The fourth-order valence-electron chi connectivity index (χ4n) is 2.34. The SMILES string of the molecule is C=CCc1cc(=O)oc2cc(N(CC=C)CC=C)ccc12. The standard InChI is InChI=1S/C18H19NO2/c1-4-7-14-12-18(20)21-17-13-15(8-9-16(14)17)19(10-5-2)11-6-3/h4-6,8-9,12-13H,1-3,7,10-11H2. The third-order valence-corrected chi connectivity index (χ3v) is 3.24. The normalized spacial score (nSPS) is 10.3. The minimum absolute atomic E-state index is 0.338. The molecule has 0 unspecified atom stereocenters. The number of allylic oxidation sites excluding steroid dienone is 1. The molecule has 1 heterocycles. The van der Waals surface area contributed by atoms with E-state index in [0.717, 1.165) is 16.6 Å². The Balaban J connectivity index is 2.54. The Morgan fingerprint density at radius 3 is 2.38 bits per heavy atom. The van der Waals surface area contributed by atoms with Crippen molar-refractivity contribution >= 4 is 16.7 Å². The van der Waals surface area contributed by atoms with E-state index in [0.29, 0.717) is 25.1 Å². The van der Waals surface area contributed by atoms with Crippen molar-refractivity contribution in [3.05, 3.63) is 78.2 Å². The maximum atomic E-state index is 11.7. The molecule has 3 nitrogen and oxygen atoms in total. The summed E-state index contributed by atoms with van der Waals surface area (Å²) in [5, 5.41) is 0.940. The van der Waals surface area contributed by atoms with Crippen LogP contribution in [-0.2, 0) is 6.42 Å². The Labute approximate surface area is 124 Å². The van der Waals surface area contributed by atoms with E-state index in [1.165, 1.54) is 6.07 Å². The van der Waals surface area contributed by atoms with E-state index in [2.05, 4.69) is 24.6 Å². The molecular formula is C18H19NO2. The molecule has 0 spiro atoms. The van der Waals surface area contributed by atoms with Gasteiger partial charge in [-0.05, 0) is 24.1 Å². The van der Waals surface area contributed by atoms with Crippen molar-refractivity contribution in [1.82, 2.24) is 0 Å². The van der Waals surface area contributed by atoms with Crippen LogP contribution in [0.3, 0.4) is 0 Å². The first-order chi connectivity index (χ1) is 10.2. The molecule has 0 saturated carbocycles. The summed E-state index contributed by atoms with van der Waals surface area (Å²) in [5.74, 6) is 0. The van der Waals surface area contributed by atoms with Crippen molar-refractivity contribution in [1.29, 1.82) is 0 Å². The molecule has 0 saturated heterocycles. The zero-order chi connectivity index (χ0) is 15.2. The van der Waals surface area contributed by atoms with Crippen LogP contribution >= 0.6 is 0 Å². The lowest BCUT2D eigenvalue weighted by atomic mass is 10.1. The number of hydrogen-bond donors (Lipinski definition) is 0. The first-order valence-electron chi connectivity index (χ1n) is 6.84. The van der Waals surface area contributed by atoms with Crippen LogP contribution < -0.4 is 10.5 Å². The zero-order valence-electron chi connectivity index (χ0n) is 12.0. The second kappa shape index (κ2) is 6.75. The molecular weight excluding hydrogens is 262 g/mol. The minimum atomic E-state index is -0.338. The summed E-state index contributed by atoms with van der Waals surface area (Å²) < 4.78 is 5.33. The number of rotatable bonds is 7. The van der Waals surface area contributed by atoms with E-state index in [1.54, 1.807) is 6.08 Å². The lowest BCUT2D eigenvalue weighted by Gasteiger charge is -2.21. The Hall–Kier alpha value is -2.55. The van der Waals surface area contributed by atoms with Crippen molar-refractivity contribution in [2.45, 2.75) is 6.42 Å². The van der Waals surface area contributed by atoms with Crippen LogP contribution in [0.4, 0.5) is 5.69 Å². The van der Waals surface area contributed by atoms with Gasteiger partial charge in [-0.2, -0.15) is 0 Å². The van der Waals surface area contributed by atoms with Gasteiger partial charge < -0.3 is 9.32 Å². The molecule has 1 aromatic carbocycles. The summed E-state index contributed by atoms with van der Waals surface area (Å²) in [6.07, 6.45) is 6.09. The van der Waals surface area contributed by atoms with E-state index in [4.69, 9.17) is 4.42 Å². The van der Waals surface area contributed by atoms with Gasteiger partial charge in [0.2, 0.25) is 0 Å². The van der Waals surface area contributed by atoms with Gasteiger partial charge in [-0.25, -0.2) is 4.79 Å². The molecule has 0 amide bonds. The molecule has 0 bridgehead atoms. The fourth-order valence-corrected chi connectivity index (χ4v) is 2.34. The summed E-state index contributed by atoms with van der Waals surface area (Å²) in [7, 11) is 0. The molecule has 0 aliphatic rings. The average Bonchev–Trinajstić information content (AvgIpc) is 2.46. The largest absolute Gasteiger partial charge is 0.423 e. The molecule has 0 atom stereocenters. The molecule has 2 aromatic rings. The Morgan fingerprint density at radius 1 is 1.05 bits per heavy atom. The number of nitrogens with zero attached hydrogens (tertiary/aromatic N) is 1. The van der Waals surface area contributed by atoms with Gasteiger partial charge in [0, 0.05) is 36.3 Å². The van der Waals surface area contributed by atoms with Crippen LogP contribution in [0, 0.1) is 0 Å². The Morgan fingerprint density at radius 2 is 1.76 bits per heavy atom. The second-order valence-corrected chi connectivity index (χ2v) is 4.75. The molecule has 3 heteroatoms. The predicted molar refractivity (Wildman–Crippen MR) is 89.0 cm³/mol. The molecule has 21 heavy (non-hydrogen) atoms. The van der Waals surface area contributed by atoms with Crippen LogP contribution in [0.25, 0.3) is 11.0 Å². The molecule has 0 aliphatic carbocycles. The molecule has 108 valence electrons. The highest BCUT2D eigenvalue weighted by atomic mass is 16.4. The number of benzene rings is 1. The lowest BCUT2D eigenvalue weighted by Crippen LogP contribution is -2.22. The van der Waals surface area contributed by atoms with Crippen LogP contribution in [-0.4, -0.2) is 13.1 Å². The number of hydrogen-bond acceptors (Lipinski definition) is 3. The van der Waals surface area contributed by atoms with E-state index in [1.807, 2.05) is 30.4 Å². The maximum absolute atomic E-state index is 11.7. The molecule has 1 aromatic heterocycles.